The molecule has 1 amide bonds. The standard InChI is InChI=1S/C15H15N3O/c16-15(19)14-11-6-2-1-5-10(11)9-12(14)18-13-7-3-4-8-17-13/h1-8,12,14H,9H2,(H2,16,19)(H,17,18). The summed E-state index contributed by atoms with van der Waals surface area (Å²) in [5, 5.41) is 3.31. The van der Waals surface area contributed by atoms with E-state index in [2.05, 4.69) is 10.3 Å². The topological polar surface area (TPSA) is 68.0 Å². The van der Waals surface area contributed by atoms with Crippen molar-refractivity contribution in [2.24, 2.45) is 5.73 Å². The van der Waals surface area contributed by atoms with E-state index >= 15 is 0 Å². The molecule has 0 radical (unpaired) electrons. The van der Waals surface area contributed by atoms with Crippen LogP contribution in [-0.2, 0) is 11.2 Å². The third-order valence-electron chi connectivity index (χ3n) is 3.54. The van der Waals surface area contributed by atoms with Gasteiger partial charge in [0.1, 0.15) is 5.82 Å². The van der Waals surface area contributed by atoms with Crippen LogP contribution in [0.4, 0.5) is 5.82 Å². The Balaban J connectivity index is 1.89. The molecule has 4 nitrogen and oxygen atoms in total. The molecule has 1 aliphatic carbocycles. The lowest BCUT2D eigenvalue weighted by molar-refractivity contribution is -0.119. The van der Waals surface area contributed by atoms with E-state index in [9.17, 15) is 4.79 Å². The van der Waals surface area contributed by atoms with E-state index in [0.29, 0.717) is 0 Å². The molecule has 3 N–H and O–H groups in total. The molecule has 1 aromatic heterocycles. The van der Waals surface area contributed by atoms with E-state index in [1.54, 1.807) is 6.20 Å². The number of primary amides is 1. The second kappa shape index (κ2) is 4.72. The van der Waals surface area contributed by atoms with Crippen LogP contribution < -0.4 is 11.1 Å². The molecule has 0 saturated carbocycles. The summed E-state index contributed by atoms with van der Waals surface area (Å²) >= 11 is 0. The lowest BCUT2D eigenvalue weighted by Crippen LogP contribution is -2.34. The minimum Gasteiger partial charge on any atom is -0.369 e. The molecule has 2 unspecified atom stereocenters. The number of hydrogen-bond donors (Lipinski definition) is 2. The monoisotopic (exact) mass is 253 g/mol. The van der Waals surface area contributed by atoms with Gasteiger partial charge in [-0.2, -0.15) is 0 Å². The molecule has 1 heterocycles. The van der Waals surface area contributed by atoms with Crippen LogP contribution in [0.5, 0.6) is 0 Å². The summed E-state index contributed by atoms with van der Waals surface area (Å²) in [5.41, 5.74) is 7.77. The Morgan fingerprint density at radius 1 is 1.21 bits per heavy atom. The zero-order valence-electron chi connectivity index (χ0n) is 10.4. The van der Waals surface area contributed by atoms with E-state index < -0.39 is 0 Å². The molecular formula is C15H15N3O. The minimum absolute atomic E-state index is 0.0233. The quantitative estimate of drug-likeness (QED) is 0.874. The predicted octanol–water partition coefficient (Wildman–Crippen LogP) is 1.69. The number of fused-ring (bicyclic) bond motifs is 1. The molecule has 0 bridgehead atoms. The Hall–Kier alpha value is -2.36. The highest BCUT2D eigenvalue weighted by Gasteiger charge is 2.36. The number of carbonyl (C=O) groups is 1. The van der Waals surface area contributed by atoms with E-state index in [0.717, 1.165) is 17.8 Å². The van der Waals surface area contributed by atoms with Crippen LogP contribution in [0.3, 0.4) is 0 Å². The van der Waals surface area contributed by atoms with Gasteiger partial charge in [0.25, 0.3) is 0 Å². The van der Waals surface area contributed by atoms with Crippen molar-refractivity contribution >= 4 is 11.7 Å². The van der Waals surface area contributed by atoms with Gasteiger partial charge in [-0.25, -0.2) is 4.98 Å². The largest absolute Gasteiger partial charge is 0.369 e. The molecule has 1 aromatic carbocycles. The number of nitrogens with one attached hydrogen (secondary N) is 1. The first-order chi connectivity index (χ1) is 9.25. The van der Waals surface area contributed by atoms with Crippen molar-refractivity contribution in [2.45, 2.75) is 18.4 Å². The number of anilines is 1. The van der Waals surface area contributed by atoms with E-state index in [4.69, 9.17) is 5.73 Å². The summed E-state index contributed by atoms with van der Waals surface area (Å²) in [6.45, 7) is 0. The molecule has 4 heteroatoms. The van der Waals surface area contributed by atoms with Gasteiger partial charge in [-0.05, 0) is 29.7 Å². The Morgan fingerprint density at radius 2 is 2.00 bits per heavy atom. The van der Waals surface area contributed by atoms with Crippen molar-refractivity contribution in [3.8, 4) is 0 Å². The fourth-order valence-corrected chi connectivity index (χ4v) is 2.72. The third-order valence-corrected chi connectivity index (χ3v) is 3.54. The molecule has 2 aromatic rings. The van der Waals surface area contributed by atoms with E-state index in [1.165, 1.54) is 5.56 Å². The molecule has 1 aliphatic rings. The van der Waals surface area contributed by atoms with Crippen LogP contribution in [0.25, 0.3) is 0 Å². The number of carbonyl (C=O) groups excluding carboxylic acids is 1. The van der Waals surface area contributed by atoms with Crippen molar-refractivity contribution in [2.75, 3.05) is 5.32 Å². The average molecular weight is 253 g/mol. The molecule has 19 heavy (non-hydrogen) atoms. The maximum atomic E-state index is 11.7. The summed E-state index contributed by atoms with van der Waals surface area (Å²) in [6, 6.07) is 13.6. The molecule has 3 rings (SSSR count). The van der Waals surface area contributed by atoms with Gasteiger partial charge in [-0.1, -0.05) is 30.3 Å². The molecular weight excluding hydrogens is 238 g/mol. The summed E-state index contributed by atoms with van der Waals surface area (Å²) in [5.74, 6) is 0.183. The van der Waals surface area contributed by atoms with Gasteiger partial charge in [0, 0.05) is 12.2 Å². The van der Waals surface area contributed by atoms with Crippen LogP contribution in [-0.4, -0.2) is 16.9 Å². The second-order valence-corrected chi connectivity index (χ2v) is 4.75. The molecule has 0 aliphatic heterocycles. The highest BCUT2D eigenvalue weighted by molar-refractivity contribution is 5.85. The van der Waals surface area contributed by atoms with E-state index in [1.807, 2.05) is 42.5 Å². The van der Waals surface area contributed by atoms with Crippen molar-refractivity contribution in [3.05, 3.63) is 59.8 Å². The number of hydrogen-bond acceptors (Lipinski definition) is 3. The van der Waals surface area contributed by atoms with Gasteiger partial charge in [0.05, 0.1) is 5.92 Å². The zero-order chi connectivity index (χ0) is 13.2. The highest BCUT2D eigenvalue weighted by Crippen LogP contribution is 2.34. The van der Waals surface area contributed by atoms with Gasteiger partial charge in [0.15, 0.2) is 0 Å². The number of pyridine rings is 1. The highest BCUT2D eigenvalue weighted by atomic mass is 16.1. The van der Waals surface area contributed by atoms with Gasteiger partial charge < -0.3 is 11.1 Å². The lowest BCUT2D eigenvalue weighted by atomic mass is 9.98. The number of nitrogens with zero attached hydrogens (tertiary/aromatic N) is 1. The first kappa shape index (κ1) is 11.7. The first-order valence-corrected chi connectivity index (χ1v) is 6.30. The number of aromatic nitrogens is 1. The van der Waals surface area contributed by atoms with Crippen molar-refractivity contribution in [1.29, 1.82) is 0 Å². The van der Waals surface area contributed by atoms with Crippen molar-refractivity contribution in [3.63, 3.8) is 0 Å². The minimum atomic E-state index is -0.293. The predicted molar refractivity (Wildman–Crippen MR) is 73.7 cm³/mol. The number of nitrogens with two attached hydrogens (primary N) is 1. The average Bonchev–Trinajstić information content (AvgIpc) is 2.77. The maximum absolute atomic E-state index is 11.7. The summed E-state index contributed by atoms with van der Waals surface area (Å²) in [4.78, 5) is 16.0. The number of benzene rings is 1. The third kappa shape index (κ3) is 2.17. The number of rotatable bonds is 3. The van der Waals surface area contributed by atoms with Gasteiger partial charge in [0.2, 0.25) is 5.91 Å². The fraction of sp³-hybridized carbons (Fsp3) is 0.200. The van der Waals surface area contributed by atoms with Crippen LogP contribution in [0.15, 0.2) is 48.7 Å². The summed E-state index contributed by atoms with van der Waals surface area (Å²) < 4.78 is 0. The molecule has 0 spiro atoms. The summed E-state index contributed by atoms with van der Waals surface area (Å²) in [6.07, 6.45) is 2.52. The SMILES string of the molecule is NC(=O)C1c2ccccc2CC1Nc1ccccn1. The Morgan fingerprint density at radius 3 is 2.74 bits per heavy atom. The Kier molecular flexibility index (Phi) is 2.91. The second-order valence-electron chi connectivity index (χ2n) is 4.75. The molecule has 96 valence electrons. The van der Waals surface area contributed by atoms with Crippen LogP contribution in [0, 0.1) is 0 Å². The smallest absolute Gasteiger partial charge is 0.227 e. The van der Waals surface area contributed by atoms with Crippen LogP contribution in [0.1, 0.15) is 17.0 Å². The first-order valence-electron chi connectivity index (χ1n) is 6.30. The molecule has 0 fully saturated rings. The Bertz CT molecular complexity index is 597. The fourth-order valence-electron chi connectivity index (χ4n) is 2.72. The van der Waals surface area contributed by atoms with E-state index in [-0.39, 0.29) is 17.9 Å². The summed E-state index contributed by atoms with van der Waals surface area (Å²) in [7, 11) is 0. The van der Waals surface area contributed by atoms with Crippen molar-refractivity contribution in [1.82, 2.24) is 4.98 Å². The lowest BCUT2D eigenvalue weighted by Gasteiger charge is -2.19. The maximum Gasteiger partial charge on any atom is 0.227 e. The van der Waals surface area contributed by atoms with Gasteiger partial charge in [-0.3, -0.25) is 4.79 Å². The molecule has 2 atom stereocenters. The molecule has 0 saturated heterocycles. The Labute approximate surface area is 111 Å². The van der Waals surface area contributed by atoms with Crippen LogP contribution >= 0.6 is 0 Å². The normalized spacial score (nSPS) is 20.8. The zero-order valence-corrected chi connectivity index (χ0v) is 10.4. The van der Waals surface area contributed by atoms with Crippen LogP contribution in [0.2, 0.25) is 0 Å². The number of amides is 1. The van der Waals surface area contributed by atoms with Crippen molar-refractivity contribution < 1.29 is 4.79 Å². The van der Waals surface area contributed by atoms with Gasteiger partial charge in [-0.15, -0.1) is 0 Å². The van der Waals surface area contributed by atoms with Gasteiger partial charge >= 0.3 is 0 Å².